The highest BCUT2D eigenvalue weighted by atomic mass is 19.1. The van der Waals surface area contributed by atoms with Crippen molar-refractivity contribution in [2.75, 3.05) is 11.1 Å². The molecule has 1 amide bonds. The molecular formula is C29H25F2N7O4. The number of carbonyl (C=O) groups excluding carboxylic acids is 1. The van der Waals surface area contributed by atoms with E-state index in [0.29, 0.717) is 22.2 Å². The van der Waals surface area contributed by atoms with Crippen molar-refractivity contribution in [3.63, 3.8) is 0 Å². The first-order chi connectivity index (χ1) is 19.9. The lowest BCUT2D eigenvalue weighted by atomic mass is 9.84. The van der Waals surface area contributed by atoms with Gasteiger partial charge in [-0.15, -0.1) is 0 Å². The van der Waals surface area contributed by atoms with Crippen LogP contribution in [-0.4, -0.2) is 41.7 Å². The predicted octanol–water partition coefficient (Wildman–Crippen LogP) is 4.30. The largest absolute Gasteiger partial charge is 0.481 e. The summed E-state index contributed by atoms with van der Waals surface area (Å²) >= 11 is 0. The summed E-state index contributed by atoms with van der Waals surface area (Å²) < 4.78 is 35.9. The van der Waals surface area contributed by atoms with Crippen molar-refractivity contribution >= 4 is 34.4 Å². The Morgan fingerprint density at radius 2 is 1.93 bits per heavy atom. The Balaban J connectivity index is 1.42. The van der Waals surface area contributed by atoms with Gasteiger partial charge in [-0.3, -0.25) is 14.3 Å². The van der Waals surface area contributed by atoms with Crippen LogP contribution in [0.4, 0.5) is 20.4 Å². The van der Waals surface area contributed by atoms with Crippen LogP contribution in [0, 0.1) is 17.0 Å². The molecule has 0 saturated carbocycles. The highest BCUT2D eigenvalue weighted by molar-refractivity contribution is 6.08. The molecule has 3 aromatic heterocycles. The van der Waals surface area contributed by atoms with Crippen molar-refractivity contribution in [3.05, 3.63) is 83.1 Å². The monoisotopic (exact) mass is 573 g/mol. The minimum Gasteiger partial charge on any atom is -0.481 e. The molecule has 0 radical (unpaired) electrons. The summed E-state index contributed by atoms with van der Waals surface area (Å²) in [6.45, 7) is 4.74. The number of carboxylic acid groups (broad SMARTS) is 1. The van der Waals surface area contributed by atoms with E-state index in [9.17, 15) is 23.5 Å². The summed E-state index contributed by atoms with van der Waals surface area (Å²) in [7, 11) is 0. The van der Waals surface area contributed by atoms with Gasteiger partial charge in [0, 0.05) is 17.4 Å². The Kier molecular flexibility index (Phi) is 6.06. The number of rotatable bonds is 7. The number of hydrogen-bond acceptors (Lipinski definition) is 8. The number of anilines is 2. The maximum Gasteiger partial charge on any atom is 0.309 e. The first-order valence-electron chi connectivity index (χ1n) is 13.0. The van der Waals surface area contributed by atoms with Gasteiger partial charge >= 0.3 is 5.97 Å². The number of carbonyl (C=O) groups is 2. The molecule has 13 heteroatoms. The fourth-order valence-corrected chi connectivity index (χ4v) is 5.09. The van der Waals surface area contributed by atoms with Gasteiger partial charge in [-0.2, -0.15) is 5.10 Å². The number of benzene rings is 2. The Morgan fingerprint density at radius 3 is 2.67 bits per heavy atom. The molecule has 214 valence electrons. The number of aromatic nitrogens is 5. The van der Waals surface area contributed by atoms with Crippen molar-refractivity contribution in [1.82, 2.24) is 24.7 Å². The zero-order valence-corrected chi connectivity index (χ0v) is 22.8. The molecule has 5 aromatic rings. The number of fused-ring (bicyclic) bond motifs is 2. The molecule has 0 fully saturated rings. The number of hydrogen-bond donors (Lipinski definition) is 3. The minimum atomic E-state index is -1.51. The summed E-state index contributed by atoms with van der Waals surface area (Å²) in [4.78, 5) is 38.3. The van der Waals surface area contributed by atoms with E-state index in [1.807, 2.05) is 0 Å². The number of halogens is 2. The molecule has 0 aliphatic carbocycles. The number of oxazole rings is 1. The topological polar surface area (TPSA) is 162 Å². The lowest BCUT2D eigenvalue weighted by Gasteiger charge is -2.19. The number of nitrogens with zero attached hydrogens (tertiary/aromatic N) is 5. The molecular weight excluding hydrogens is 548 g/mol. The minimum absolute atomic E-state index is 0.000301. The van der Waals surface area contributed by atoms with E-state index in [1.54, 1.807) is 39.0 Å². The number of nitrogens with two attached hydrogens (primary N) is 1. The maximum atomic E-state index is 14.4. The third-order valence-corrected chi connectivity index (χ3v) is 7.51. The Bertz CT molecular complexity index is 1920. The van der Waals surface area contributed by atoms with Crippen molar-refractivity contribution < 1.29 is 27.9 Å². The van der Waals surface area contributed by atoms with Crippen LogP contribution in [-0.2, 0) is 28.0 Å². The van der Waals surface area contributed by atoms with E-state index in [4.69, 9.17) is 10.2 Å². The number of nitrogen functional groups attached to an aromatic ring is 1. The summed E-state index contributed by atoms with van der Waals surface area (Å²) in [6.07, 6.45) is 1.38. The van der Waals surface area contributed by atoms with Crippen LogP contribution in [0.25, 0.3) is 22.4 Å². The standard InChI is InChI=1S/C29H25F2N7O4/c1-28(2,27(40)41)11-16-13-42-26(33-16)29(3)20-22(32)34-24(35-23(20)36-25(29)39)21-17-10-15(30)8-9-19(17)38(37-21)12-14-6-4-5-7-18(14)31/h4-10,13H,11-12H2,1-3H3,(H,40,41)(H3,32,34,35,36,39)/t29-/m1/s1. The predicted molar refractivity (Wildman–Crippen MR) is 147 cm³/mol. The van der Waals surface area contributed by atoms with Gasteiger partial charge < -0.3 is 20.6 Å². The first kappa shape index (κ1) is 27.0. The molecule has 1 atom stereocenters. The summed E-state index contributed by atoms with van der Waals surface area (Å²) in [5, 5.41) is 17.1. The third-order valence-electron chi connectivity index (χ3n) is 7.51. The van der Waals surface area contributed by atoms with Gasteiger partial charge in [0.1, 0.15) is 35.2 Å². The van der Waals surface area contributed by atoms with Crippen molar-refractivity contribution in [1.29, 1.82) is 0 Å². The van der Waals surface area contributed by atoms with Gasteiger partial charge in [-0.1, -0.05) is 18.2 Å². The Morgan fingerprint density at radius 1 is 1.17 bits per heavy atom. The van der Waals surface area contributed by atoms with E-state index < -0.39 is 34.3 Å². The van der Waals surface area contributed by atoms with E-state index in [0.717, 1.165) is 0 Å². The molecule has 4 heterocycles. The zero-order valence-electron chi connectivity index (χ0n) is 22.8. The number of amides is 1. The van der Waals surface area contributed by atoms with Crippen LogP contribution in [0.5, 0.6) is 0 Å². The number of nitrogens with one attached hydrogen (secondary N) is 1. The Hall–Kier alpha value is -5.20. The molecule has 0 bridgehead atoms. The zero-order chi connectivity index (χ0) is 30.0. The van der Waals surface area contributed by atoms with E-state index in [2.05, 4.69) is 25.4 Å². The highest BCUT2D eigenvalue weighted by Gasteiger charge is 2.51. The molecule has 42 heavy (non-hydrogen) atoms. The van der Waals surface area contributed by atoms with E-state index in [1.165, 1.54) is 35.2 Å². The Labute approximate surface area is 237 Å². The van der Waals surface area contributed by atoms with Gasteiger partial charge in [-0.25, -0.2) is 23.7 Å². The van der Waals surface area contributed by atoms with E-state index >= 15 is 0 Å². The molecule has 0 spiro atoms. The molecule has 4 N–H and O–H groups in total. The van der Waals surface area contributed by atoms with Crippen molar-refractivity contribution in [2.45, 2.75) is 39.2 Å². The fraction of sp³-hybridized carbons (Fsp3) is 0.241. The number of aliphatic carboxylic acids is 1. The second-order valence-corrected chi connectivity index (χ2v) is 11.0. The summed E-state index contributed by atoms with van der Waals surface area (Å²) in [6, 6.07) is 10.3. The van der Waals surface area contributed by atoms with Gasteiger partial charge in [0.25, 0.3) is 0 Å². The number of carboxylic acids is 1. The molecule has 0 unspecified atom stereocenters. The second kappa shape index (κ2) is 9.43. The average Bonchev–Trinajstić information content (AvgIpc) is 3.60. The molecule has 1 aliphatic rings. The fourth-order valence-electron chi connectivity index (χ4n) is 5.09. The van der Waals surface area contributed by atoms with E-state index in [-0.39, 0.29) is 47.6 Å². The van der Waals surface area contributed by atoms with Crippen LogP contribution < -0.4 is 11.1 Å². The van der Waals surface area contributed by atoms with Gasteiger partial charge in [0.05, 0.1) is 28.7 Å². The average molecular weight is 574 g/mol. The molecule has 11 nitrogen and oxygen atoms in total. The second-order valence-electron chi connectivity index (χ2n) is 11.0. The molecule has 6 rings (SSSR count). The van der Waals surface area contributed by atoms with Crippen LogP contribution >= 0.6 is 0 Å². The van der Waals surface area contributed by atoms with Crippen LogP contribution in [0.15, 0.2) is 53.1 Å². The molecule has 1 aliphatic heterocycles. The van der Waals surface area contributed by atoms with Gasteiger partial charge in [0.2, 0.25) is 11.8 Å². The maximum absolute atomic E-state index is 14.4. The third kappa shape index (κ3) is 4.24. The lowest BCUT2D eigenvalue weighted by Crippen LogP contribution is -2.33. The smallest absolute Gasteiger partial charge is 0.309 e. The SMILES string of the molecule is CC(C)(Cc1coc([C@@]2(C)C(=O)Nc3nc(-c4nn(Cc5ccccc5F)c5ccc(F)cc45)nc(N)c32)n1)C(=O)O. The van der Waals surface area contributed by atoms with Crippen molar-refractivity contribution in [3.8, 4) is 11.5 Å². The molecule has 0 saturated heterocycles. The summed E-state index contributed by atoms with van der Waals surface area (Å²) in [5.74, 6) is -2.40. The van der Waals surface area contributed by atoms with Crippen molar-refractivity contribution in [2.24, 2.45) is 5.41 Å². The van der Waals surface area contributed by atoms with Gasteiger partial charge in [-0.05, 0) is 45.0 Å². The molecule has 2 aromatic carbocycles. The van der Waals surface area contributed by atoms with Crippen LogP contribution in [0.1, 0.15) is 43.5 Å². The summed E-state index contributed by atoms with van der Waals surface area (Å²) in [5.41, 5.74) is 5.45. The lowest BCUT2D eigenvalue weighted by molar-refractivity contribution is -0.146. The highest BCUT2D eigenvalue weighted by Crippen LogP contribution is 2.45. The quantitative estimate of drug-likeness (QED) is 0.258. The first-order valence-corrected chi connectivity index (χ1v) is 13.0. The van der Waals surface area contributed by atoms with Gasteiger partial charge in [0.15, 0.2) is 11.2 Å². The van der Waals surface area contributed by atoms with Crippen LogP contribution in [0.3, 0.4) is 0 Å². The normalized spacial score (nSPS) is 16.5. The van der Waals surface area contributed by atoms with Crippen LogP contribution in [0.2, 0.25) is 0 Å².